The highest BCUT2D eigenvalue weighted by Crippen LogP contribution is 2.31. The summed E-state index contributed by atoms with van der Waals surface area (Å²) in [4.78, 5) is 8.99. The molecule has 2 N–H and O–H groups in total. The molecule has 134 valence electrons. The number of nitrogens with zero attached hydrogens (tertiary/aromatic N) is 3. The Balaban J connectivity index is 1.51. The van der Waals surface area contributed by atoms with Gasteiger partial charge in [0.2, 0.25) is 0 Å². The van der Waals surface area contributed by atoms with Gasteiger partial charge in [0, 0.05) is 44.0 Å². The van der Waals surface area contributed by atoms with Crippen LogP contribution in [0.4, 0.5) is 5.69 Å². The first-order valence-electron chi connectivity index (χ1n) is 9.08. The van der Waals surface area contributed by atoms with Crippen molar-refractivity contribution in [3.05, 3.63) is 22.4 Å². The maximum absolute atomic E-state index is 6.32. The molecule has 3 rings (SSSR count). The fourth-order valence-corrected chi connectivity index (χ4v) is 4.42. The number of pyridine rings is 1. The molecule has 0 aromatic carbocycles. The van der Waals surface area contributed by atoms with E-state index in [4.69, 9.17) is 28.9 Å². The van der Waals surface area contributed by atoms with Crippen LogP contribution in [-0.2, 0) is 0 Å². The highest BCUT2D eigenvalue weighted by molar-refractivity contribution is 6.34. The van der Waals surface area contributed by atoms with Crippen LogP contribution in [0.1, 0.15) is 39.0 Å². The van der Waals surface area contributed by atoms with Gasteiger partial charge in [-0.15, -0.1) is 0 Å². The summed E-state index contributed by atoms with van der Waals surface area (Å²) >= 11 is 12.4. The Morgan fingerprint density at radius 3 is 2.67 bits per heavy atom. The molecule has 0 bridgehead atoms. The first-order chi connectivity index (χ1) is 11.5. The Labute approximate surface area is 155 Å². The van der Waals surface area contributed by atoms with E-state index in [1.807, 2.05) is 6.07 Å². The number of halogens is 2. The third-order valence-electron chi connectivity index (χ3n) is 5.57. The Hall–Kier alpha value is -0.550. The van der Waals surface area contributed by atoms with Gasteiger partial charge >= 0.3 is 0 Å². The van der Waals surface area contributed by atoms with Gasteiger partial charge in [0.05, 0.1) is 10.7 Å². The van der Waals surface area contributed by atoms with Crippen molar-refractivity contribution in [3.63, 3.8) is 0 Å². The van der Waals surface area contributed by atoms with E-state index >= 15 is 0 Å². The number of hydrogen-bond donors (Lipinski definition) is 1. The Bertz CT molecular complexity index is 546. The van der Waals surface area contributed by atoms with Crippen LogP contribution in [0.3, 0.4) is 0 Å². The molecule has 6 heteroatoms. The van der Waals surface area contributed by atoms with Crippen LogP contribution in [0.2, 0.25) is 10.2 Å². The number of aromatic nitrogens is 1. The Morgan fingerprint density at radius 2 is 1.96 bits per heavy atom. The predicted octanol–water partition coefficient (Wildman–Crippen LogP) is 3.81. The predicted molar refractivity (Wildman–Crippen MR) is 102 cm³/mol. The highest BCUT2D eigenvalue weighted by atomic mass is 35.5. The number of piperazine rings is 1. The standard InChI is InChI=1S/C18H28Cl2N4/c1-13-12-23(7-6-14-2-4-15(21)5-3-14)8-9-24(13)17-10-18(20)22-11-16(17)19/h10-11,13-15H,2-9,12,21H2,1H3/t13-,14?,15?/m1/s1. The van der Waals surface area contributed by atoms with Crippen LogP contribution < -0.4 is 10.6 Å². The summed E-state index contributed by atoms with van der Waals surface area (Å²) in [7, 11) is 0. The van der Waals surface area contributed by atoms with Crippen LogP contribution in [0.5, 0.6) is 0 Å². The molecule has 1 saturated heterocycles. The summed E-state index contributed by atoms with van der Waals surface area (Å²) in [6.07, 6.45) is 7.98. The topological polar surface area (TPSA) is 45.4 Å². The molecule has 1 aromatic heterocycles. The molecule has 1 aromatic rings. The molecule has 2 heterocycles. The van der Waals surface area contributed by atoms with Gasteiger partial charge in [0.1, 0.15) is 5.15 Å². The molecular formula is C18H28Cl2N4. The summed E-state index contributed by atoms with van der Waals surface area (Å²) in [5, 5.41) is 1.18. The Kier molecular flexibility index (Phi) is 6.25. The van der Waals surface area contributed by atoms with E-state index in [0.29, 0.717) is 22.3 Å². The second-order valence-corrected chi connectivity index (χ2v) is 8.17. The molecule has 24 heavy (non-hydrogen) atoms. The SMILES string of the molecule is C[C@@H]1CN(CCC2CCC(N)CC2)CCN1c1cc(Cl)ncc1Cl. The van der Waals surface area contributed by atoms with Crippen LogP contribution in [0, 0.1) is 5.92 Å². The maximum Gasteiger partial charge on any atom is 0.131 e. The first-order valence-corrected chi connectivity index (χ1v) is 9.84. The third kappa shape index (κ3) is 4.54. The lowest BCUT2D eigenvalue weighted by Crippen LogP contribution is -2.52. The minimum Gasteiger partial charge on any atom is -0.365 e. The fraction of sp³-hybridized carbons (Fsp3) is 0.722. The van der Waals surface area contributed by atoms with Crippen molar-refractivity contribution < 1.29 is 0 Å². The van der Waals surface area contributed by atoms with Gasteiger partial charge in [-0.3, -0.25) is 4.90 Å². The van der Waals surface area contributed by atoms with Gasteiger partial charge in [-0.1, -0.05) is 23.2 Å². The average Bonchev–Trinajstić information content (AvgIpc) is 2.57. The summed E-state index contributed by atoms with van der Waals surface area (Å²) < 4.78 is 0. The summed E-state index contributed by atoms with van der Waals surface area (Å²) in [6, 6.07) is 2.75. The lowest BCUT2D eigenvalue weighted by atomic mass is 9.84. The second kappa shape index (κ2) is 8.22. The van der Waals surface area contributed by atoms with Gasteiger partial charge in [0.15, 0.2) is 0 Å². The smallest absolute Gasteiger partial charge is 0.131 e. The van der Waals surface area contributed by atoms with Gasteiger partial charge in [-0.25, -0.2) is 4.98 Å². The Morgan fingerprint density at radius 1 is 1.21 bits per heavy atom. The third-order valence-corrected chi connectivity index (χ3v) is 6.07. The summed E-state index contributed by atoms with van der Waals surface area (Å²) in [6.45, 7) is 6.59. The van der Waals surface area contributed by atoms with Crippen LogP contribution in [-0.4, -0.2) is 48.1 Å². The van der Waals surface area contributed by atoms with E-state index in [2.05, 4.69) is 21.7 Å². The lowest BCUT2D eigenvalue weighted by molar-refractivity contribution is 0.198. The summed E-state index contributed by atoms with van der Waals surface area (Å²) in [5.41, 5.74) is 7.01. The minimum atomic E-state index is 0.425. The van der Waals surface area contributed by atoms with Crippen molar-refractivity contribution in [2.45, 2.75) is 51.1 Å². The molecule has 4 nitrogen and oxygen atoms in total. The van der Waals surface area contributed by atoms with E-state index in [0.717, 1.165) is 31.2 Å². The summed E-state index contributed by atoms with van der Waals surface area (Å²) in [5.74, 6) is 0.867. The van der Waals surface area contributed by atoms with Crippen molar-refractivity contribution >= 4 is 28.9 Å². The maximum atomic E-state index is 6.32. The quantitative estimate of drug-likeness (QED) is 0.818. The second-order valence-electron chi connectivity index (χ2n) is 7.37. The minimum absolute atomic E-state index is 0.425. The molecule has 2 fully saturated rings. The zero-order valence-corrected chi connectivity index (χ0v) is 15.9. The highest BCUT2D eigenvalue weighted by Gasteiger charge is 2.26. The van der Waals surface area contributed by atoms with Gasteiger partial charge in [0.25, 0.3) is 0 Å². The molecular weight excluding hydrogens is 343 g/mol. The van der Waals surface area contributed by atoms with Gasteiger partial charge in [-0.2, -0.15) is 0 Å². The molecule has 1 saturated carbocycles. The number of hydrogen-bond acceptors (Lipinski definition) is 4. The van der Waals surface area contributed by atoms with E-state index in [9.17, 15) is 0 Å². The molecule has 0 radical (unpaired) electrons. The van der Waals surface area contributed by atoms with Gasteiger partial charge in [-0.05, 0) is 51.5 Å². The molecule has 0 spiro atoms. The molecule has 1 aliphatic heterocycles. The van der Waals surface area contributed by atoms with Crippen molar-refractivity contribution in [1.82, 2.24) is 9.88 Å². The average molecular weight is 371 g/mol. The van der Waals surface area contributed by atoms with E-state index in [1.165, 1.54) is 38.6 Å². The normalized spacial score (nSPS) is 29.0. The molecule has 0 unspecified atom stereocenters. The molecule has 0 amide bonds. The van der Waals surface area contributed by atoms with Crippen molar-refractivity contribution in [2.24, 2.45) is 11.7 Å². The fourth-order valence-electron chi connectivity index (χ4n) is 4.06. The molecule has 2 aliphatic rings. The van der Waals surface area contributed by atoms with E-state index in [-0.39, 0.29) is 0 Å². The number of anilines is 1. The van der Waals surface area contributed by atoms with Gasteiger partial charge < -0.3 is 10.6 Å². The first kappa shape index (κ1) is 18.2. The number of rotatable bonds is 4. The van der Waals surface area contributed by atoms with Crippen LogP contribution in [0.15, 0.2) is 12.3 Å². The number of nitrogens with two attached hydrogens (primary N) is 1. The van der Waals surface area contributed by atoms with E-state index < -0.39 is 0 Å². The van der Waals surface area contributed by atoms with E-state index in [1.54, 1.807) is 6.20 Å². The molecule has 1 aliphatic carbocycles. The van der Waals surface area contributed by atoms with Crippen LogP contribution >= 0.6 is 23.2 Å². The monoisotopic (exact) mass is 370 g/mol. The van der Waals surface area contributed by atoms with Crippen molar-refractivity contribution in [1.29, 1.82) is 0 Å². The zero-order chi connectivity index (χ0) is 17.1. The largest absolute Gasteiger partial charge is 0.365 e. The lowest BCUT2D eigenvalue weighted by Gasteiger charge is -2.42. The molecule has 1 atom stereocenters. The van der Waals surface area contributed by atoms with Crippen LogP contribution in [0.25, 0.3) is 0 Å². The zero-order valence-electron chi connectivity index (χ0n) is 14.4. The van der Waals surface area contributed by atoms with Crippen molar-refractivity contribution in [2.75, 3.05) is 31.1 Å². The van der Waals surface area contributed by atoms with Crippen molar-refractivity contribution in [3.8, 4) is 0 Å².